The fourth-order valence-electron chi connectivity index (χ4n) is 2.89. The summed E-state index contributed by atoms with van der Waals surface area (Å²) in [5.74, 6) is 0.419. The molecule has 0 bridgehead atoms. The lowest BCUT2D eigenvalue weighted by Gasteiger charge is -2.00. The van der Waals surface area contributed by atoms with Gasteiger partial charge >= 0.3 is 5.97 Å². The number of carbonyl (C=O) groups is 1. The van der Waals surface area contributed by atoms with E-state index in [1.165, 1.54) is 0 Å². The van der Waals surface area contributed by atoms with Crippen LogP contribution in [0.1, 0.15) is 17.4 Å². The Morgan fingerprint density at radius 3 is 2.96 bits per heavy atom. The van der Waals surface area contributed by atoms with Crippen molar-refractivity contribution in [3.63, 3.8) is 0 Å². The fourth-order valence-corrected chi connectivity index (χ4v) is 2.89. The molecule has 25 heavy (non-hydrogen) atoms. The topological polar surface area (TPSA) is 68.6 Å². The molecular formula is C19H17N3O3. The van der Waals surface area contributed by atoms with E-state index in [9.17, 15) is 4.79 Å². The molecule has 0 aliphatic rings. The first-order valence-corrected chi connectivity index (χ1v) is 8.01. The van der Waals surface area contributed by atoms with Gasteiger partial charge in [-0.15, -0.1) is 0 Å². The number of carbonyl (C=O) groups excluding carboxylic acids is 1. The molecule has 0 unspecified atom stereocenters. The lowest BCUT2D eigenvalue weighted by Crippen LogP contribution is -2.04. The van der Waals surface area contributed by atoms with Gasteiger partial charge in [0.15, 0.2) is 0 Å². The van der Waals surface area contributed by atoms with Gasteiger partial charge in [0.25, 0.3) is 0 Å². The maximum Gasteiger partial charge on any atom is 0.354 e. The summed E-state index contributed by atoms with van der Waals surface area (Å²) >= 11 is 0. The van der Waals surface area contributed by atoms with E-state index >= 15 is 0 Å². The summed E-state index contributed by atoms with van der Waals surface area (Å²) in [7, 11) is 1.64. The minimum Gasteiger partial charge on any atom is -0.497 e. The molecule has 0 atom stereocenters. The molecule has 6 nitrogen and oxygen atoms in total. The second-order valence-corrected chi connectivity index (χ2v) is 5.64. The van der Waals surface area contributed by atoms with Gasteiger partial charge in [-0.05, 0) is 31.2 Å². The van der Waals surface area contributed by atoms with Crippen LogP contribution in [0.5, 0.6) is 5.75 Å². The molecule has 1 N–H and O–H groups in total. The number of imidazole rings is 1. The molecule has 3 aromatic heterocycles. The number of rotatable bonds is 4. The highest BCUT2D eigenvalue weighted by atomic mass is 16.5. The zero-order valence-corrected chi connectivity index (χ0v) is 13.9. The van der Waals surface area contributed by atoms with Crippen molar-refractivity contribution in [1.82, 2.24) is 14.4 Å². The van der Waals surface area contributed by atoms with E-state index in [-0.39, 0.29) is 5.97 Å². The van der Waals surface area contributed by atoms with Gasteiger partial charge in [0, 0.05) is 23.3 Å². The number of hydrogen-bond acceptors (Lipinski definition) is 4. The van der Waals surface area contributed by atoms with Crippen LogP contribution in [0.2, 0.25) is 0 Å². The molecule has 3 heterocycles. The van der Waals surface area contributed by atoms with E-state index in [0.29, 0.717) is 12.3 Å². The second-order valence-electron chi connectivity index (χ2n) is 5.64. The van der Waals surface area contributed by atoms with Crippen molar-refractivity contribution in [3.05, 3.63) is 54.5 Å². The maximum atomic E-state index is 12.0. The van der Waals surface area contributed by atoms with Crippen molar-refractivity contribution in [2.75, 3.05) is 13.7 Å². The number of fused-ring (bicyclic) bond motifs is 3. The third-order valence-electron chi connectivity index (χ3n) is 4.08. The van der Waals surface area contributed by atoms with Crippen LogP contribution in [0.15, 0.2) is 48.8 Å². The van der Waals surface area contributed by atoms with Crippen molar-refractivity contribution in [2.24, 2.45) is 0 Å². The lowest BCUT2D eigenvalue weighted by atomic mass is 10.1. The summed E-state index contributed by atoms with van der Waals surface area (Å²) in [6.45, 7) is 2.13. The number of H-pyrrole nitrogens is 1. The summed E-state index contributed by atoms with van der Waals surface area (Å²) in [6, 6.07) is 11.5. The number of aromatic nitrogens is 3. The standard InChI is InChI=1S/C19H17N3O3/c1-3-25-19(23)16-10-14-15(20-16)7-8-22-11-17(21-18(14)22)12-5-4-6-13(9-12)24-2/h4-11,20H,3H2,1-2H3. The van der Waals surface area contributed by atoms with E-state index in [1.54, 1.807) is 20.1 Å². The van der Waals surface area contributed by atoms with Crippen molar-refractivity contribution in [1.29, 1.82) is 0 Å². The van der Waals surface area contributed by atoms with E-state index in [1.807, 2.05) is 47.1 Å². The number of pyridine rings is 1. The van der Waals surface area contributed by atoms with Crippen LogP contribution in [0.3, 0.4) is 0 Å². The van der Waals surface area contributed by atoms with Crippen LogP contribution in [-0.2, 0) is 4.74 Å². The molecule has 1 aromatic carbocycles. The summed E-state index contributed by atoms with van der Waals surface area (Å²) in [4.78, 5) is 19.8. The summed E-state index contributed by atoms with van der Waals surface area (Å²) in [6.07, 6.45) is 3.88. The number of hydrogen-bond donors (Lipinski definition) is 1. The molecule has 0 saturated carbocycles. The van der Waals surface area contributed by atoms with Gasteiger partial charge < -0.3 is 18.9 Å². The fraction of sp³-hybridized carbons (Fsp3) is 0.158. The zero-order valence-electron chi connectivity index (χ0n) is 13.9. The number of methoxy groups -OCH3 is 1. The van der Waals surface area contributed by atoms with Crippen LogP contribution < -0.4 is 4.74 Å². The van der Waals surface area contributed by atoms with Gasteiger partial charge in [0.1, 0.15) is 17.1 Å². The molecule has 4 aromatic rings. The van der Waals surface area contributed by atoms with Crippen LogP contribution in [0.4, 0.5) is 0 Å². The molecule has 4 rings (SSSR count). The third kappa shape index (κ3) is 2.61. The highest BCUT2D eigenvalue weighted by molar-refractivity contribution is 6.00. The normalized spacial score (nSPS) is 11.1. The van der Waals surface area contributed by atoms with E-state index in [0.717, 1.165) is 33.6 Å². The van der Waals surface area contributed by atoms with Gasteiger partial charge in [0.05, 0.1) is 24.9 Å². The van der Waals surface area contributed by atoms with E-state index in [2.05, 4.69) is 4.98 Å². The molecule has 6 heteroatoms. The summed E-state index contributed by atoms with van der Waals surface area (Å²) in [5, 5.41) is 0.875. The average molecular weight is 335 g/mol. The third-order valence-corrected chi connectivity index (χ3v) is 4.08. The van der Waals surface area contributed by atoms with Crippen LogP contribution in [0, 0.1) is 0 Å². The number of esters is 1. The van der Waals surface area contributed by atoms with Crippen molar-refractivity contribution >= 4 is 22.5 Å². The maximum absolute atomic E-state index is 12.0. The quantitative estimate of drug-likeness (QED) is 0.578. The Kier molecular flexibility index (Phi) is 3.65. The largest absolute Gasteiger partial charge is 0.497 e. The van der Waals surface area contributed by atoms with Gasteiger partial charge in [-0.2, -0.15) is 0 Å². The summed E-state index contributed by atoms with van der Waals surface area (Å²) in [5.41, 5.74) is 3.86. The average Bonchev–Trinajstić information content (AvgIpc) is 3.25. The number of nitrogens with one attached hydrogen (secondary N) is 1. The minimum atomic E-state index is -0.364. The number of nitrogens with zero attached hydrogens (tertiary/aromatic N) is 2. The molecule has 0 fully saturated rings. The smallest absolute Gasteiger partial charge is 0.354 e. The Morgan fingerprint density at radius 2 is 2.16 bits per heavy atom. The Morgan fingerprint density at radius 1 is 1.28 bits per heavy atom. The molecule has 0 aliphatic carbocycles. The Balaban J connectivity index is 1.84. The monoisotopic (exact) mass is 335 g/mol. The highest BCUT2D eigenvalue weighted by Gasteiger charge is 2.14. The number of benzene rings is 1. The first kappa shape index (κ1) is 15.3. The predicted octanol–water partition coefficient (Wildman–Crippen LogP) is 3.67. The second kappa shape index (κ2) is 5.98. The lowest BCUT2D eigenvalue weighted by molar-refractivity contribution is 0.0520. The Bertz CT molecular complexity index is 1080. The van der Waals surface area contributed by atoms with E-state index < -0.39 is 0 Å². The summed E-state index contributed by atoms with van der Waals surface area (Å²) < 4.78 is 12.3. The Hall–Kier alpha value is -3.28. The SMILES string of the molecule is CCOC(=O)c1cc2c(ccn3cc(-c4cccc(OC)c4)nc23)[nH]1. The predicted molar refractivity (Wildman–Crippen MR) is 95.0 cm³/mol. The zero-order chi connectivity index (χ0) is 17.4. The van der Waals surface area contributed by atoms with Gasteiger partial charge in [-0.3, -0.25) is 0 Å². The first-order chi connectivity index (χ1) is 12.2. The van der Waals surface area contributed by atoms with Crippen molar-refractivity contribution < 1.29 is 14.3 Å². The molecule has 0 aliphatic heterocycles. The molecule has 0 saturated heterocycles. The molecule has 126 valence electrons. The van der Waals surface area contributed by atoms with Crippen LogP contribution >= 0.6 is 0 Å². The van der Waals surface area contributed by atoms with Gasteiger partial charge in [-0.1, -0.05) is 12.1 Å². The minimum absolute atomic E-state index is 0.340. The first-order valence-electron chi connectivity index (χ1n) is 8.01. The van der Waals surface area contributed by atoms with Gasteiger partial charge in [0.2, 0.25) is 0 Å². The van der Waals surface area contributed by atoms with Crippen LogP contribution in [-0.4, -0.2) is 34.1 Å². The van der Waals surface area contributed by atoms with Crippen molar-refractivity contribution in [3.8, 4) is 17.0 Å². The molecular weight excluding hydrogens is 318 g/mol. The molecule has 0 radical (unpaired) electrons. The number of ether oxygens (including phenoxy) is 2. The van der Waals surface area contributed by atoms with Gasteiger partial charge in [-0.25, -0.2) is 9.78 Å². The molecule has 0 amide bonds. The number of aromatic amines is 1. The van der Waals surface area contributed by atoms with E-state index in [4.69, 9.17) is 14.5 Å². The van der Waals surface area contributed by atoms with Crippen LogP contribution in [0.25, 0.3) is 27.8 Å². The molecule has 0 spiro atoms. The Labute approximate surface area is 144 Å². The highest BCUT2D eigenvalue weighted by Crippen LogP contribution is 2.27. The van der Waals surface area contributed by atoms with Crippen molar-refractivity contribution in [2.45, 2.75) is 6.92 Å².